The van der Waals surface area contributed by atoms with Crippen LogP contribution >= 0.6 is 0 Å². The Morgan fingerprint density at radius 2 is 1.85 bits per heavy atom. The molecule has 2 amide bonds. The smallest absolute Gasteiger partial charge is 0.276 e. The standard InChI is InChI=1S/C26H30N6O2/c27-24(33)19-10-7-14-31(17-19)22-13-12-20(16-28-22)29-26(34)23-21-11-5-2-6-15-32(21)25(30-23)18-8-3-1-4-9-18/h1,3-4,8-9,12-13,16,19H,2,5-7,10-11,14-15,17H2,(H2,27,33)(H,29,34). The number of anilines is 2. The molecule has 1 atom stereocenters. The van der Waals surface area contributed by atoms with Crippen molar-refractivity contribution >= 4 is 23.3 Å². The first-order valence-electron chi connectivity index (χ1n) is 12.1. The van der Waals surface area contributed by atoms with Crippen molar-refractivity contribution in [3.8, 4) is 11.4 Å². The lowest BCUT2D eigenvalue weighted by Crippen LogP contribution is -2.41. The molecule has 8 heteroatoms. The van der Waals surface area contributed by atoms with Crippen molar-refractivity contribution in [1.29, 1.82) is 0 Å². The van der Waals surface area contributed by atoms with Crippen molar-refractivity contribution in [2.75, 3.05) is 23.3 Å². The third-order valence-electron chi connectivity index (χ3n) is 6.77. The third kappa shape index (κ3) is 4.53. The normalized spacial score (nSPS) is 18.1. The number of imidazole rings is 1. The van der Waals surface area contributed by atoms with Gasteiger partial charge in [0, 0.05) is 25.2 Å². The van der Waals surface area contributed by atoms with E-state index in [1.54, 1.807) is 6.20 Å². The molecule has 0 spiro atoms. The average molecular weight is 459 g/mol. The Hall–Kier alpha value is -3.68. The molecule has 3 aromatic rings. The van der Waals surface area contributed by atoms with Crippen molar-refractivity contribution in [1.82, 2.24) is 14.5 Å². The van der Waals surface area contributed by atoms with Crippen LogP contribution in [0.15, 0.2) is 48.7 Å². The van der Waals surface area contributed by atoms with Gasteiger partial charge in [-0.3, -0.25) is 9.59 Å². The molecule has 0 bridgehead atoms. The molecule has 2 aliphatic heterocycles. The van der Waals surface area contributed by atoms with E-state index in [-0.39, 0.29) is 17.7 Å². The number of aromatic nitrogens is 3. The average Bonchev–Trinajstić information content (AvgIpc) is 3.06. The third-order valence-corrected chi connectivity index (χ3v) is 6.77. The number of hydrogen-bond acceptors (Lipinski definition) is 5. The molecule has 8 nitrogen and oxygen atoms in total. The molecule has 0 radical (unpaired) electrons. The molecule has 1 aromatic carbocycles. The van der Waals surface area contributed by atoms with Gasteiger partial charge in [0.05, 0.1) is 23.5 Å². The molecule has 1 unspecified atom stereocenters. The fourth-order valence-electron chi connectivity index (χ4n) is 4.96. The van der Waals surface area contributed by atoms with Gasteiger partial charge in [0.1, 0.15) is 17.3 Å². The zero-order valence-electron chi connectivity index (χ0n) is 19.2. The Bertz CT molecular complexity index is 1170. The second-order valence-corrected chi connectivity index (χ2v) is 9.11. The van der Waals surface area contributed by atoms with Gasteiger partial charge in [-0.25, -0.2) is 9.97 Å². The molecule has 3 N–H and O–H groups in total. The molecule has 176 valence electrons. The van der Waals surface area contributed by atoms with E-state index in [2.05, 4.69) is 19.8 Å². The quantitative estimate of drug-likeness (QED) is 0.607. The number of nitrogens with two attached hydrogens (primary N) is 1. The minimum Gasteiger partial charge on any atom is -0.369 e. The summed E-state index contributed by atoms with van der Waals surface area (Å²) in [5.74, 6) is 1.01. The minimum atomic E-state index is -0.261. The summed E-state index contributed by atoms with van der Waals surface area (Å²) in [5.41, 5.74) is 8.63. The van der Waals surface area contributed by atoms with Crippen LogP contribution in [-0.4, -0.2) is 39.4 Å². The summed E-state index contributed by atoms with van der Waals surface area (Å²) in [7, 11) is 0. The van der Waals surface area contributed by atoms with Crippen molar-refractivity contribution in [3.63, 3.8) is 0 Å². The minimum absolute atomic E-state index is 0.148. The van der Waals surface area contributed by atoms with Crippen molar-refractivity contribution < 1.29 is 9.59 Å². The molecule has 4 heterocycles. The number of rotatable bonds is 5. The number of carbonyl (C=O) groups is 2. The van der Waals surface area contributed by atoms with Gasteiger partial charge in [-0.15, -0.1) is 0 Å². The second-order valence-electron chi connectivity index (χ2n) is 9.11. The van der Waals surface area contributed by atoms with Crippen LogP contribution in [0.1, 0.15) is 48.3 Å². The van der Waals surface area contributed by atoms with Crippen molar-refractivity contribution in [3.05, 3.63) is 60.0 Å². The van der Waals surface area contributed by atoms with E-state index in [9.17, 15) is 9.59 Å². The Morgan fingerprint density at radius 3 is 2.62 bits per heavy atom. The highest BCUT2D eigenvalue weighted by molar-refractivity contribution is 6.04. The molecule has 34 heavy (non-hydrogen) atoms. The summed E-state index contributed by atoms with van der Waals surface area (Å²) in [6.45, 7) is 2.29. The Labute approximate surface area is 199 Å². The summed E-state index contributed by atoms with van der Waals surface area (Å²) >= 11 is 0. The van der Waals surface area contributed by atoms with E-state index in [0.29, 0.717) is 17.9 Å². The van der Waals surface area contributed by atoms with Gasteiger partial charge in [0.25, 0.3) is 5.91 Å². The number of hydrogen-bond donors (Lipinski definition) is 2. The molecular formula is C26H30N6O2. The van der Waals surface area contributed by atoms with Gasteiger partial charge in [-0.1, -0.05) is 36.8 Å². The number of piperidine rings is 1. The Balaban J connectivity index is 1.35. The number of benzene rings is 1. The van der Waals surface area contributed by atoms with Crippen LogP contribution in [0, 0.1) is 5.92 Å². The van der Waals surface area contributed by atoms with E-state index < -0.39 is 0 Å². The maximum absolute atomic E-state index is 13.3. The molecule has 5 rings (SSSR count). The second kappa shape index (κ2) is 9.67. The highest BCUT2D eigenvalue weighted by Crippen LogP contribution is 2.28. The summed E-state index contributed by atoms with van der Waals surface area (Å²) < 4.78 is 2.21. The lowest BCUT2D eigenvalue weighted by Gasteiger charge is -2.32. The maximum Gasteiger partial charge on any atom is 0.276 e. The van der Waals surface area contributed by atoms with E-state index in [4.69, 9.17) is 10.7 Å². The van der Waals surface area contributed by atoms with E-state index in [1.165, 1.54) is 0 Å². The predicted octanol–water partition coefficient (Wildman–Crippen LogP) is 3.63. The molecular weight excluding hydrogens is 428 g/mol. The SMILES string of the molecule is NC(=O)C1CCCN(c2ccc(NC(=O)c3nc(-c4ccccc4)n4c3CCCCC4)cn2)C1. The van der Waals surface area contributed by atoms with Crippen LogP contribution in [0.25, 0.3) is 11.4 Å². The Morgan fingerprint density at radius 1 is 1.00 bits per heavy atom. The van der Waals surface area contributed by atoms with Gasteiger partial charge >= 0.3 is 0 Å². The zero-order chi connectivity index (χ0) is 23.5. The predicted molar refractivity (Wildman–Crippen MR) is 132 cm³/mol. The Kier molecular flexibility index (Phi) is 6.29. The van der Waals surface area contributed by atoms with Crippen molar-refractivity contribution in [2.24, 2.45) is 11.7 Å². The molecule has 1 saturated heterocycles. The van der Waals surface area contributed by atoms with Crippen LogP contribution in [-0.2, 0) is 17.8 Å². The van der Waals surface area contributed by atoms with Gasteiger partial charge < -0.3 is 20.5 Å². The molecule has 2 aromatic heterocycles. The lowest BCUT2D eigenvalue weighted by atomic mass is 9.97. The van der Waals surface area contributed by atoms with Crippen LogP contribution in [0.3, 0.4) is 0 Å². The molecule has 0 saturated carbocycles. The van der Waals surface area contributed by atoms with Gasteiger partial charge in [0.2, 0.25) is 5.91 Å². The number of carbonyl (C=O) groups excluding carboxylic acids is 2. The molecule has 1 fully saturated rings. The first-order valence-corrected chi connectivity index (χ1v) is 12.1. The van der Waals surface area contributed by atoms with Gasteiger partial charge in [-0.05, 0) is 44.2 Å². The highest BCUT2D eigenvalue weighted by atomic mass is 16.2. The van der Waals surface area contributed by atoms with E-state index in [0.717, 1.165) is 74.5 Å². The maximum atomic E-state index is 13.3. The topological polar surface area (TPSA) is 106 Å². The summed E-state index contributed by atoms with van der Waals surface area (Å²) in [6.07, 6.45) is 7.52. The molecule has 2 aliphatic rings. The number of nitrogens with one attached hydrogen (secondary N) is 1. The van der Waals surface area contributed by atoms with Gasteiger partial charge in [0.15, 0.2) is 0 Å². The summed E-state index contributed by atoms with van der Waals surface area (Å²) in [4.78, 5) is 36.2. The molecule has 0 aliphatic carbocycles. The number of primary amides is 1. The fourth-order valence-corrected chi connectivity index (χ4v) is 4.96. The number of amides is 2. The van der Waals surface area contributed by atoms with Crippen LogP contribution in [0.4, 0.5) is 11.5 Å². The van der Waals surface area contributed by atoms with Crippen LogP contribution in [0.5, 0.6) is 0 Å². The first kappa shape index (κ1) is 22.1. The van der Waals surface area contributed by atoms with Crippen LogP contribution in [0.2, 0.25) is 0 Å². The first-order chi connectivity index (χ1) is 16.6. The van der Waals surface area contributed by atoms with E-state index in [1.807, 2.05) is 42.5 Å². The number of nitrogens with zero attached hydrogens (tertiary/aromatic N) is 4. The number of fused-ring (bicyclic) bond motifs is 1. The summed E-state index contributed by atoms with van der Waals surface area (Å²) in [6, 6.07) is 13.8. The summed E-state index contributed by atoms with van der Waals surface area (Å²) in [5, 5.41) is 2.98. The number of pyridine rings is 1. The van der Waals surface area contributed by atoms with E-state index >= 15 is 0 Å². The lowest BCUT2D eigenvalue weighted by molar-refractivity contribution is -0.122. The highest BCUT2D eigenvalue weighted by Gasteiger charge is 2.26. The largest absolute Gasteiger partial charge is 0.369 e. The monoisotopic (exact) mass is 458 g/mol. The van der Waals surface area contributed by atoms with Crippen LogP contribution < -0.4 is 16.0 Å². The van der Waals surface area contributed by atoms with Crippen molar-refractivity contribution in [2.45, 2.75) is 45.1 Å². The fraction of sp³-hybridized carbons (Fsp3) is 0.385. The zero-order valence-corrected chi connectivity index (χ0v) is 19.2. The van der Waals surface area contributed by atoms with Gasteiger partial charge in [-0.2, -0.15) is 0 Å².